The van der Waals surface area contributed by atoms with Gasteiger partial charge in [0, 0.05) is 32.5 Å². The minimum absolute atomic E-state index is 0.0434. The van der Waals surface area contributed by atoms with E-state index in [1.54, 1.807) is 19.4 Å². The molecule has 0 bridgehead atoms. The maximum absolute atomic E-state index is 12.6. The predicted octanol–water partition coefficient (Wildman–Crippen LogP) is 8.04. The zero-order valence-corrected chi connectivity index (χ0v) is 32.0. The molecule has 6 unspecified atom stereocenters. The second kappa shape index (κ2) is 18.1. The van der Waals surface area contributed by atoms with Crippen LogP contribution in [0.15, 0.2) is 11.6 Å². The van der Waals surface area contributed by atoms with Crippen LogP contribution in [0, 0.1) is 46.3 Å². The van der Waals surface area contributed by atoms with E-state index in [1.165, 1.54) is 51.4 Å². The van der Waals surface area contributed by atoms with E-state index in [-0.39, 0.29) is 24.2 Å². The van der Waals surface area contributed by atoms with Gasteiger partial charge in [0.1, 0.15) is 11.7 Å². The Morgan fingerprint density at radius 1 is 0.918 bits per heavy atom. The molecule has 282 valence electrons. The number of alkyl carbamates (subject to hydrolysis) is 2. The van der Waals surface area contributed by atoms with Gasteiger partial charge in [-0.05, 0) is 105 Å². The highest BCUT2D eigenvalue weighted by Crippen LogP contribution is 2.67. The number of aliphatic hydroxyl groups excluding tert-OH is 1. The summed E-state index contributed by atoms with van der Waals surface area (Å²) < 4.78 is 22.2. The molecule has 0 saturated heterocycles. The van der Waals surface area contributed by atoms with E-state index >= 15 is 0 Å². The first-order valence-electron chi connectivity index (χ1n) is 19.7. The molecule has 3 N–H and O–H groups in total. The van der Waals surface area contributed by atoms with Gasteiger partial charge in [0.2, 0.25) is 0 Å². The first kappa shape index (κ1) is 39.9. The molecule has 4 rings (SSSR count). The lowest BCUT2D eigenvalue weighted by atomic mass is 9.47. The summed E-state index contributed by atoms with van der Waals surface area (Å²) in [6.07, 6.45) is 15.8. The van der Waals surface area contributed by atoms with Crippen LogP contribution >= 0.6 is 0 Å². The number of allylic oxidation sites excluding steroid dienone is 1. The fourth-order valence-electron chi connectivity index (χ4n) is 10.3. The lowest BCUT2D eigenvalue weighted by molar-refractivity contribution is -0.0581. The van der Waals surface area contributed by atoms with E-state index in [2.05, 4.69) is 51.3 Å². The largest absolute Gasteiger partial charge is 0.446 e. The summed E-state index contributed by atoms with van der Waals surface area (Å²) in [6.45, 7) is 18.1. The molecule has 9 nitrogen and oxygen atoms in total. The standard InChI is InChI=1S/C40H70N2O7/c1-28(2)9-8-10-29(3)33-13-14-34-32-12-11-30-27-31(15-17-39(30,6)35(32)16-18-40(33,34)7)48-36(44)41-20-23-46-25-26-47-24-21-42-37(45)49-38(4,5)19-22-43/h11,28-29,31-35,43H,8-10,12-27H2,1-7H3,(H,41,44)(H,42,45)/t29?,31?,32?,33?,34?,35?,39-,40+/m0/s1. The van der Waals surface area contributed by atoms with Gasteiger partial charge in [-0.2, -0.15) is 0 Å². The molecule has 3 saturated carbocycles. The van der Waals surface area contributed by atoms with E-state index in [1.807, 2.05) is 0 Å². The van der Waals surface area contributed by atoms with Crippen molar-refractivity contribution in [3.05, 3.63) is 11.6 Å². The fraction of sp³-hybridized carbons (Fsp3) is 0.900. The molecule has 9 heteroatoms. The van der Waals surface area contributed by atoms with Crippen molar-refractivity contribution in [2.75, 3.05) is 46.1 Å². The normalized spacial score (nSPS) is 31.6. The SMILES string of the molecule is CC(C)CCCC(C)C1CCC2C3CC=C4CC(OC(=O)NCCOCCOCCNC(=O)OC(C)(C)CCO)CC[C@]4(C)C3CC[C@]12C. The fourth-order valence-corrected chi connectivity index (χ4v) is 10.3. The molecular formula is C40H70N2O7. The summed E-state index contributed by atoms with van der Waals surface area (Å²) in [6, 6.07) is 0. The number of amides is 2. The van der Waals surface area contributed by atoms with Crippen LogP contribution in [0.4, 0.5) is 9.59 Å². The molecule has 8 atom stereocenters. The number of carbonyl (C=O) groups is 2. The van der Waals surface area contributed by atoms with Gasteiger partial charge >= 0.3 is 12.2 Å². The Labute approximate surface area is 297 Å². The van der Waals surface area contributed by atoms with Crippen molar-refractivity contribution in [2.45, 2.75) is 137 Å². The summed E-state index contributed by atoms with van der Waals surface area (Å²) in [7, 11) is 0. The lowest BCUT2D eigenvalue weighted by Crippen LogP contribution is -2.51. The van der Waals surface area contributed by atoms with E-state index in [4.69, 9.17) is 24.1 Å². The van der Waals surface area contributed by atoms with Crippen LogP contribution < -0.4 is 10.6 Å². The molecule has 0 radical (unpaired) electrons. The zero-order chi connectivity index (χ0) is 35.7. The average Bonchev–Trinajstić information content (AvgIpc) is 3.39. The summed E-state index contributed by atoms with van der Waals surface area (Å²) in [5.74, 6) is 4.96. The van der Waals surface area contributed by atoms with E-state index in [9.17, 15) is 9.59 Å². The molecule has 2 amide bonds. The quantitative estimate of drug-likeness (QED) is 0.0985. The van der Waals surface area contributed by atoms with Gasteiger partial charge in [0.15, 0.2) is 0 Å². The summed E-state index contributed by atoms with van der Waals surface area (Å²) in [4.78, 5) is 24.4. The highest BCUT2D eigenvalue weighted by molar-refractivity contribution is 5.67. The van der Waals surface area contributed by atoms with Gasteiger partial charge in [-0.25, -0.2) is 9.59 Å². The van der Waals surface area contributed by atoms with Crippen LogP contribution in [-0.2, 0) is 18.9 Å². The molecule has 0 aromatic carbocycles. The molecule has 3 fully saturated rings. The Morgan fingerprint density at radius 2 is 1.61 bits per heavy atom. The summed E-state index contributed by atoms with van der Waals surface area (Å²) in [5, 5.41) is 14.5. The highest BCUT2D eigenvalue weighted by atomic mass is 16.6. The van der Waals surface area contributed by atoms with Gasteiger partial charge < -0.3 is 34.7 Å². The Morgan fingerprint density at radius 3 is 2.29 bits per heavy atom. The molecule has 0 aromatic rings. The van der Waals surface area contributed by atoms with Crippen molar-refractivity contribution in [3.8, 4) is 0 Å². The number of fused-ring (bicyclic) bond motifs is 5. The van der Waals surface area contributed by atoms with E-state index in [0.29, 0.717) is 51.4 Å². The van der Waals surface area contributed by atoms with Crippen LogP contribution in [0.25, 0.3) is 0 Å². The molecule has 4 aliphatic carbocycles. The van der Waals surface area contributed by atoms with Crippen LogP contribution in [0.5, 0.6) is 0 Å². The molecule has 0 aromatic heterocycles. The third kappa shape index (κ3) is 10.6. The number of aliphatic hydroxyl groups is 1. The monoisotopic (exact) mass is 691 g/mol. The maximum atomic E-state index is 12.6. The van der Waals surface area contributed by atoms with Crippen LogP contribution in [-0.4, -0.2) is 75.1 Å². The highest BCUT2D eigenvalue weighted by Gasteiger charge is 2.59. The number of nitrogens with one attached hydrogen (secondary N) is 2. The second-order valence-corrected chi connectivity index (χ2v) is 17.3. The number of hydrogen-bond acceptors (Lipinski definition) is 7. The third-order valence-electron chi connectivity index (χ3n) is 13.0. The Bertz CT molecular complexity index is 1090. The van der Waals surface area contributed by atoms with E-state index in [0.717, 1.165) is 54.8 Å². The van der Waals surface area contributed by atoms with Gasteiger partial charge in [-0.1, -0.05) is 65.5 Å². The van der Waals surface area contributed by atoms with Crippen molar-refractivity contribution in [3.63, 3.8) is 0 Å². The topological polar surface area (TPSA) is 115 Å². The van der Waals surface area contributed by atoms with E-state index < -0.39 is 11.7 Å². The Hall–Kier alpha value is -1.84. The number of hydrogen-bond donors (Lipinski definition) is 3. The Kier molecular flexibility index (Phi) is 14.7. The van der Waals surface area contributed by atoms with Gasteiger partial charge in [-0.15, -0.1) is 0 Å². The second-order valence-electron chi connectivity index (χ2n) is 17.3. The molecule has 0 aliphatic heterocycles. The van der Waals surface area contributed by atoms with Crippen molar-refractivity contribution >= 4 is 12.2 Å². The number of carbonyl (C=O) groups excluding carboxylic acids is 2. The van der Waals surface area contributed by atoms with Crippen molar-refractivity contribution in [1.29, 1.82) is 0 Å². The predicted molar refractivity (Wildman–Crippen MR) is 193 cm³/mol. The minimum atomic E-state index is -0.716. The third-order valence-corrected chi connectivity index (χ3v) is 13.0. The molecular weight excluding hydrogens is 620 g/mol. The van der Waals surface area contributed by atoms with Crippen molar-refractivity contribution in [2.24, 2.45) is 46.3 Å². The Balaban J connectivity index is 1.11. The lowest BCUT2D eigenvalue weighted by Gasteiger charge is -2.58. The first-order chi connectivity index (χ1) is 23.3. The van der Waals surface area contributed by atoms with Crippen LogP contribution in [0.1, 0.15) is 126 Å². The molecule has 49 heavy (non-hydrogen) atoms. The minimum Gasteiger partial charge on any atom is -0.446 e. The van der Waals surface area contributed by atoms with Crippen LogP contribution in [0.2, 0.25) is 0 Å². The smallest absolute Gasteiger partial charge is 0.407 e. The average molecular weight is 691 g/mol. The van der Waals surface area contributed by atoms with Crippen molar-refractivity contribution in [1.82, 2.24) is 10.6 Å². The number of ether oxygens (including phenoxy) is 4. The maximum Gasteiger partial charge on any atom is 0.407 e. The summed E-state index contributed by atoms with van der Waals surface area (Å²) >= 11 is 0. The summed E-state index contributed by atoms with van der Waals surface area (Å²) in [5.41, 5.74) is 1.57. The number of rotatable bonds is 18. The van der Waals surface area contributed by atoms with Crippen LogP contribution in [0.3, 0.4) is 0 Å². The zero-order valence-electron chi connectivity index (χ0n) is 32.0. The van der Waals surface area contributed by atoms with Crippen molar-refractivity contribution < 1.29 is 33.6 Å². The first-order valence-corrected chi connectivity index (χ1v) is 19.7. The van der Waals surface area contributed by atoms with Gasteiger partial charge in [-0.3, -0.25) is 0 Å². The van der Waals surface area contributed by atoms with Gasteiger partial charge in [0.05, 0.1) is 26.4 Å². The molecule has 0 heterocycles. The van der Waals surface area contributed by atoms with Gasteiger partial charge in [0.25, 0.3) is 0 Å². The molecule has 4 aliphatic rings. The molecule has 0 spiro atoms.